The molecule has 0 spiro atoms. The zero-order valence-electron chi connectivity index (χ0n) is 10.7. The number of hydrogen-bond acceptors (Lipinski definition) is 4. The molecule has 3 N–H and O–H groups in total. The molecule has 0 saturated carbocycles. The summed E-state index contributed by atoms with van der Waals surface area (Å²) in [6.07, 6.45) is 3.24. The van der Waals surface area contributed by atoms with Crippen molar-refractivity contribution in [3.63, 3.8) is 0 Å². The Kier molecular flexibility index (Phi) is 4.14. The lowest BCUT2D eigenvalue weighted by Crippen LogP contribution is -2.30. The van der Waals surface area contributed by atoms with Crippen LogP contribution in [-0.4, -0.2) is 14.8 Å². The number of rotatable bonds is 4. The Balaban J connectivity index is 2.29. The predicted octanol–water partition coefficient (Wildman–Crippen LogP) is 1.66. The highest BCUT2D eigenvalue weighted by molar-refractivity contribution is 6.30. The molecule has 2 heterocycles. The smallest absolute Gasteiger partial charge is 0.141 e. The van der Waals surface area contributed by atoms with Crippen molar-refractivity contribution in [2.75, 3.05) is 0 Å². The predicted molar refractivity (Wildman–Crippen MR) is 70.9 cm³/mol. The van der Waals surface area contributed by atoms with Gasteiger partial charge < -0.3 is 0 Å². The number of nitrogens with zero attached hydrogens (tertiary/aromatic N) is 3. The van der Waals surface area contributed by atoms with Crippen LogP contribution in [0.15, 0.2) is 18.5 Å². The van der Waals surface area contributed by atoms with Crippen LogP contribution in [0.4, 0.5) is 4.39 Å². The number of aromatic nitrogens is 3. The van der Waals surface area contributed by atoms with Crippen LogP contribution in [0, 0.1) is 12.7 Å². The molecule has 102 valence electrons. The van der Waals surface area contributed by atoms with Crippen molar-refractivity contribution in [1.29, 1.82) is 0 Å². The van der Waals surface area contributed by atoms with Gasteiger partial charge >= 0.3 is 0 Å². The van der Waals surface area contributed by atoms with Gasteiger partial charge in [-0.15, -0.1) is 0 Å². The topological polar surface area (TPSA) is 68.8 Å². The Morgan fingerprint density at radius 3 is 2.79 bits per heavy atom. The minimum atomic E-state index is -0.397. The van der Waals surface area contributed by atoms with E-state index >= 15 is 0 Å². The highest BCUT2D eigenvalue weighted by atomic mass is 35.5. The molecule has 1 atom stereocenters. The summed E-state index contributed by atoms with van der Waals surface area (Å²) in [6, 6.07) is 1.13. The molecule has 0 radical (unpaired) electrons. The van der Waals surface area contributed by atoms with Crippen molar-refractivity contribution in [3.05, 3.63) is 46.3 Å². The largest absolute Gasteiger partial charge is 0.271 e. The lowest BCUT2D eigenvalue weighted by molar-refractivity contribution is 0.540. The zero-order valence-corrected chi connectivity index (χ0v) is 11.4. The van der Waals surface area contributed by atoms with Gasteiger partial charge in [0, 0.05) is 18.8 Å². The number of pyridine rings is 1. The molecule has 0 saturated heterocycles. The summed E-state index contributed by atoms with van der Waals surface area (Å²) in [5.41, 5.74) is 5.04. The van der Waals surface area contributed by atoms with E-state index in [9.17, 15) is 4.39 Å². The first kappa shape index (κ1) is 13.9. The van der Waals surface area contributed by atoms with E-state index in [4.69, 9.17) is 17.4 Å². The van der Waals surface area contributed by atoms with Gasteiger partial charge in [0.2, 0.25) is 0 Å². The van der Waals surface area contributed by atoms with E-state index in [1.54, 1.807) is 17.9 Å². The average Bonchev–Trinajstić information content (AvgIpc) is 2.61. The summed E-state index contributed by atoms with van der Waals surface area (Å²) in [6.45, 7) is 1.87. The number of nitrogens with one attached hydrogen (secondary N) is 1. The van der Waals surface area contributed by atoms with E-state index in [1.807, 2.05) is 6.92 Å². The second-order valence-corrected chi connectivity index (χ2v) is 4.70. The Bertz CT molecular complexity index is 583. The summed E-state index contributed by atoms with van der Waals surface area (Å²) in [7, 11) is 1.77. The molecule has 0 aliphatic carbocycles. The van der Waals surface area contributed by atoms with Crippen molar-refractivity contribution in [2.45, 2.75) is 19.4 Å². The van der Waals surface area contributed by atoms with Gasteiger partial charge in [0.25, 0.3) is 0 Å². The first-order valence-electron chi connectivity index (χ1n) is 5.77. The Morgan fingerprint density at radius 2 is 2.26 bits per heavy atom. The molecule has 0 fully saturated rings. The van der Waals surface area contributed by atoms with Crippen LogP contribution in [0.3, 0.4) is 0 Å². The number of halogens is 2. The number of hydrogen-bond donors (Lipinski definition) is 2. The molecule has 0 bridgehead atoms. The van der Waals surface area contributed by atoms with Gasteiger partial charge in [0.15, 0.2) is 0 Å². The van der Waals surface area contributed by atoms with E-state index in [2.05, 4.69) is 15.5 Å². The highest BCUT2D eigenvalue weighted by Gasteiger charge is 2.18. The molecule has 2 aromatic heterocycles. The van der Waals surface area contributed by atoms with Crippen LogP contribution in [0.5, 0.6) is 0 Å². The fraction of sp³-hybridized carbons (Fsp3) is 0.333. The van der Waals surface area contributed by atoms with Gasteiger partial charge in [-0.2, -0.15) is 5.10 Å². The molecule has 1 unspecified atom stereocenters. The monoisotopic (exact) mass is 283 g/mol. The van der Waals surface area contributed by atoms with Crippen molar-refractivity contribution < 1.29 is 4.39 Å². The third-order valence-electron chi connectivity index (χ3n) is 3.01. The van der Waals surface area contributed by atoms with Gasteiger partial charge in [-0.1, -0.05) is 11.6 Å². The van der Waals surface area contributed by atoms with Crippen LogP contribution >= 0.6 is 11.6 Å². The summed E-state index contributed by atoms with van der Waals surface area (Å²) in [4.78, 5) is 3.82. The van der Waals surface area contributed by atoms with E-state index in [0.29, 0.717) is 17.1 Å². The van der Waals surface area contributed by atoms with Crippen molar-refractivity contribution in [3.8, 4) is 0 Å². The van der Waals surface area contributed by atoms with Crippen molar-refractivity contribution in [2.24, 2.45) is 12.9 Å². The fourth-order valence-electron chi connectivity index (χ4n) is 2.00. The third-order valence-corrected chi connectivity index (χ3v) is 3.48. The molecule has 0 amide bonds. The molecule has 19 heavy (non-hydrogen) atoms. The second-order valence-electron chi connectivity index (χ2n) is 4.34. The van der Waals surface area contributed by atoms with Gasteiger partial charge in [0.1, 0.15) is 11.0 Å². The van der Waals surface area contributed by atoms with Crippen LogP contribution in [0.1, 0.15) is 22.9 Å². The average molecular weight is 284 g/mol. The molecule has 0 aromatic carbocycles. The highest BCUT2D eigenvalue weighted by Crippen LogP contribution is 2.25. The molecule has 2 aromatic rings. The standard InChI is InChI=1S/C12H15ClFN5/c1-7-10(12(13)19(2)18-7)4-11(17-15)8-3-9(14)6-16-5-8/h3,5-6,11,17H,4,15H2,1-2H3. The molecule has 5 nitrogen and oxygen atoms in total. The van der Waals surface area contributed by atoms with Crippen molar-refractivity contribution >= 4 is 11.6 Å². The van der Waals surface area contributed by atoms with Gasteiger partial charge in [-0.25, -0.2) is 4.39 Å². The molecular weight excluding hydrogens is 269 g/mol. The zero-order chi connectivity index (χ0) is 14.0. The maximum absolute atomic E-state index is 13.2. The minimum Gasteiger partial charge on any atom is -0.271 e. The number of aryl methyl sites for hydroxylation is 2. The van der Waals surface area contributed by atoms with Crippen LogP contribution < -0.4 is 11.3 Å². The number of hydrazine groups is 1. The van der Waals surface area contributed by atoms with Crippen molar-refractivity contribution in [1.82, 2.24) is 20.2 Å². The lowest BCUT2D eigenvalue weighted by Gasteiger charge is -2.16. The van der Waals surface area contributed by atoms with Gasteiger partial charge in [-0.3, -0.25) is 20.9 Å². The summed E-state index contributed by atoms with van der Waals surface area (Å²) < 4.78 is 14.8. The molecule has 2 rings (SSSR count). The first-order chi connectivity index (χ1) is 9.02. The van der Waals surface area contributed by atoms with Crippen LogP contribution in [0.25, 0.3) is 0 Å². The first-order valence-corrected chi connectivity index (χ1v) is 6.15. The third kappa shape index (κ3) is 2.91. The molecule has 0 aliphatic heterocycles. The molecule has 0 aliphatic rings. The summed E-state index contributed by atoms with van der Waals surface area (Å²) >= 11 is 6.18. The fourth-order valence-corrected chi connectivity index (χ4v) is 2.25. The Hall–Kier alpha value is -1.50. The van der Waals surface area contributed by atoms with Crippen LogP contribution in [0.2, 0.25) is 5.15 Å². The van der Waals surface area contributed by atoms with E-state index in [1.165, 1.54) is 6.07 Å². The Morgan fingerprint density at radius 1 is 1.53 bits per heavy atom. The normalized spacial score (nSPS) is 12.7. The van der Waals surface area contributed by atoms with E-state index in [-0.39, 0.29) is 6.04 Å². The van der Waals surface area contributed by atoms with Gasteiger partial charge in [-0.05, 0) is 25.0 Å². The SMILES string of the molecule is Cc1nn(C)c(Cl)c1CC(NN)c1cncc(F)c1. The van der Waals surface area contributed by atoms with Gasteiger partial charge in [0.05, 0.1) is 17.9 Å². The summed E-state index contributed by atoms with van der Waals surface area (Å²) in [5, 5.41) is 4.79. The summed E-state index contributed by atoms with van der Waals surface area (Å²) in [5.74, 6) is 5.14. The number of nitrogens with two attached hydrogens (primary N) is 1. The maximum Gasteiger partial charge on any atom is 0.141 e. The minimum absolute atomic E-state index is 0.274. The maximum atomic E-state index is 13.2. The molecular formula is C12H15ClFN5. The van der Waals surface area contributed by atoms with Crippen LogP contribution in [-0.2, 0) is 13.5 Å². The second kappa shape index (κ2) is 5.64. The van der Waals surface area contributed by atoms with E-state index in [0.717, 1.165) is 17.5 Å². The molecule has 7 heteroatoms. The van der Waals surface area contributed by atoms with E-state index < -0.39 is 5.82 Å². The Labute approximate surface area is 115 Å². The quantitative estimate of drug-likeness (QED) is 0.661. The lowest BCUT2D eigenvalue weighted by atomic mass is 10.0.